The molecule has 164 valence electrons. The summed E-state index contributed by atoms with van der Waals surface area (Å²) in [4.78, 5) is 40.4. The van der Waals surface area contributed by atoms with Crippen LogP contribution in [0.25, 0.3) is 0 Å². The molecule has 1 heterocycles. The third-order valence-electron chi connectivity index (χ3n) is 4.84. The van der Waals surface area contributed by atoms with Crippen LogP contribution in [-0.4, -0.2) is 65.2 Å². The van der Waals surface area contributed by atoms with Gasteiger partial charge >= 0.3 is 0 Å². The molecule has 1 fully saturated rings. The summed E-state index contributed by atoms with van der Waals surface area (Å²) in [5.74, 6) is -0.628. The topological polar surface area (TPSA) is 69.7 Å². The summed E-state index contributed by atoms with van der Waals surface area (Å²) in [6.45, 7) is 3.50. The van der Waals surface area contributed by atoms with Gasteiger partial charge in [-0.2, -0.15) is 0 Å². The van der Waals surface area contributed by atoms with E-state index in [1.807, 2.05) is 31.2 Å². The fraction of sp³-hybridized carbons (Fsp3) is 0.318. The zero-order valence-electron chi connectivity index (χ0n) is 17.1. The molecular weight excluding hydrogens is 441 g/mol. The molecule has 6 nitrogen and oxygen atoms in total. The smallest absolute Gasteiger partial charge is 0.255 e. The van der Waals surface area contributed by atoms with Crippen LogP contribution in [0, 0.1) is 12.7 Å². The van der Waals surface area contributed by atoms with Gasteiger partial charge in [0, 0.05) is 31.9 Å². The number of hydrogen-bond acceptors (Lipinski definition) is 4. The zero-order chi connectivity index (χ0) is 22.4. The normalized spacial score (nSPS) is 13.8. The van der Waals surface area contributed by atoms with Crippen LogP contribution < -0.4 is 5.32 Å². The van der Waals surface area contributed by atoms with Crippen LogP contribution in [0.15, 0.2) is 42.5 Å². The number of carbonyl (C=O) groups is 3. The maximum Gasteiger partial charge on any atom is 0.255 e. The number of amides is 3. The minimum atomic E-state index is -0.498. The Bertz CT molecular complexity index is 980. The second kappa shape index (κ2) is 10.6. The van der Waals surface area contributed by atoms with Gasteiger partial charge in [-0.3, -0.25) is 14.4 Å². The van der Waals surface area contributed by atoms with Gasteiger partial charge in [-0.05, 0) is 42.8 Å². The van der Waals surface area contributed by atoms with Gasteiger partial charge in [-0.15, -0.1) is 11.8 Å². The molecule has 1 saturated heterocycles. The maximum absolute atomic E-state index is 13.2. The van der Waals surface area contributed by atoms with E-state index in [0.29, 0.717) is 26.2 Å². The SMILES string of the molecule is Cc1cccc(NC(=O)CSCC(=O)N2CCN(C(=O)c3ccc(F)cc3Cl)CC2)c1. The second-order valence-electron chi connectivity index (χ2n) is 7.21. The highest BCUT2D eigenvalue weighted by Gasteiger charge is 2.26. The first kappa shape index (κ1) is 23.1. The first-order valence-corrected chi connectivity index (χ1v) is 11.3. The Morgan fingerprint density at radius 2 is 1.74 bits per heavy atom. The molecule has 3 amide bonds. The highest BCUT2D eigenvalue weighted by molar-refractivity contribution is 8.00. The van der Waals surface area contributed by atoms with Gasteiger partial charge < -0.3 is 15.1 Å². The molecule has 0 unspecified atom stereocenters. The number of thioether (sulfide) groups is 1. The third kappa shape index (κ3) is 6.45. The summed E-state index contributed by atoms with van der Waals surface area (Å²) in [5, 5.41) is 2.89. The van der Waals surface area contributed by atoms with Gasteiger partial charge in [0.25, 0.3) is 5.91 Å². The van der Waals surface area contributed by atoms with Crippen molar-refractivity contribution in [3.63, 3.8) is 0 Å². The molecule has 3 rings (SSSR count). The van der Waals surface area contributed by atoms with Crippen molar-refractivity contribution in [3.05, 3.63) is 64.4 Å². The average molecular weight is 464 g/mol. The minimum Gasteiger partial charge on any atom is -0.338 e. The molecule has 31 heavy (non-hydrogen) atoms. The van der Waals surface area contributed by atoms with Gasteiger partial charge in [-0.1, -0.05) is 23.7 Å². The monoisotopic (exact) mass is 463 g/mol. The molecule has 2 aromatic rings. The maximum atomic E-state index is 13.2. The van der Waals surface area contributed by atoms with E-state index in [2.05, 4.69) is 5.32 Å². The third-order valence-corrected chi connectivity index (χ3v) is 6.07. The van der Waals surface area contributed by atoms with E-state index in [-0.39, 0.29) is 39.8 Å². The first-order chi connectivity index (χ1) is 14.8. The van der Waals surface area contributed by atoms with Crippen molar-refractivity contribution in [3.8, 4) is 0 Å². The van der Waals surface area contributed by atoms with E-state index in [0.717, 1.165) is 17.3 Å². The lowest BCUT2D eigenvalue weighted by Gasteiger charge is -2.35. The average Bonchev–Trinajstić information content (AvgIpc) is 2.73. The molecule has 0 aromatic heterocycles. The minimum absolute atomic E-state index is 0.0692. The highest BCUT2D eigenvalue weighted by Crippen LogP contribution is 2.20. The number of anilines is 1. The molecule has 0 spiro atoms. The van der Waals surface area contributed by atoms with Crippen molar-refractivity contribution in [2.24, 2.45) is 0 Å². The number of piperazine rings is 1. The number of halogens is 2. The van der Waals surface area contributed by atoms with Crippen molar-refractivity contribution in [2.75, 3.05) is 43.0 Å². The lowest BCUT2D eigenvalue weighted by molar-refractivity contribution is -0.129. The van der Waals surface area contributed by atoms with Gasteiger partial charge in [-0.25, -0.2) is 4.39 Å². The Morgan fingerprint density at radius 1 is 1.03 bits per heavy atom. The van der Waals surface area contributed by atoms with Crippen molar-refractivity contribution in [1.82, 2.24) is 9.80 Å². The zero-order valence-corrected chi connectivity index (χ0v) is 18.6. The van der Waals surface area contributed by atoms with Gasteiger partial charge in [0.2, 0.25) is 11.8 Å². The number of nitrogens with zero attached hydrogens (tertiary/aromatic N) is 2. The number of carbonyl (C=O) groups excluding carboxylic acids is 3. The molecule has 9 heteroatoms. The summed E-state index contributed by atoms with van der Waals surface area (Å²) in [6.07, 6.45) is 0. The number of aryl methyl sites for hydroxylation is 1. The highest BCUT2D eigenvalue weighted by atomic mass is 35.5. The fourth-order valence-electron chi connectivity index (χ4n) is 3.23. The first-order valence-electron chi connectivity index (χ1n) is 9.80. The van der Waals surface area contributed by atoms with E-state index in [4.69, 9.17) is 11.6 Å². The van der Waals surface area contributed by atoms with Gasteiger partial charge in [0.1, 0.15) is 5.82 Å². The van der Waals surface area contributed by atoms with E-state index in [1.165, 1.54) is 23.9 Å². The Kier molecular flexibility index (Phi) is 7.92. The molecule has 1 aliphatic rings. The van der Waals surface area contributed by atoms with Crippen LogP contribution in [0.5, 0.6) is 0 Å². The van der Waals surface area contributed by atoms with Gasteiger partial charge in [0.05, 0.1) is 22.1 Å². The number of benzene rings is 2. The van der Waals surface area contributed by atoms with Crippen molar-refractivity contribution >= 4 is 46.8 Å². The van der Waals surface area contributed by atoms with Gasteiger partial charge in [0.15, 0.2) is 0 Å². The fourth-order valence-corrected chi connectivity index (χ4v) is 4.20. The molecule has 0 atom stereocenters. The lowest BCUT2D eigenvalue weighted by atomic mass is 10.1. The van der Waals surface area contributed by atoms with E-state index >= 15 is 0 Å². The number of hydrogen-bond donors (Lipinski definition) is 1. The van der Waals surface area contributed by atoms with Crippen LogP contribution in [0.3, 0.4) is 0 Å². The molecular formula is C22H23ClFN3O3S. The van der Waals surface area contributed by atoms with Crippen LogP contribution in [0.4, 0.5) is 10.1 Å². The Morgan fingerprint density at radius 3 is 2.42 bits per heavy atom. The van der Waals surface area contributed by atoms with E-state index in [1.54, 1.807) is 9.80 Å². The number of rotatable bonds is 6. The molecule has 0 saturated carbocycles. The van der Waals surface area contributed by atoms with Crippen LogP contribution in [0.1, 0.15) is 15.9 Å². The number of nitrogens with one attached hydrogen (secondary N) is 1. The Labute approximate surface area is 189 Å². The molecule has 2 aromatic carbocycles. The second-order valence-corrected chi connectivity index (χ2v) is 8.60. The summed E-state index contributed by atoms with van der Waals surface area (Å²) in [5.41, 5.74) is 2.04. The predicted octanol–water partition coefficient (Wildman–Crippen LogP) is 3.44. The molecule has 0 bridgehead atoms. The van der Waals surface area contributed by atoms with E-state index < -0.39 is 5.82 Å². The predicted molar refractivity (Wildman–Crippen MR) is 121 cm³/mol. The quantitative estimate of drug-likeness (QED) is 0.712. The summed E-state index contributed by atoms with van der Waals surface area (Å²) in [6, 6.07) is 11.2. The molecule has 0 aliphatic carbocycles. The van der Waals surface area contributed by atoms with Crippen molar-refractivity contribution in [1.29, 1.82) is 0 Å². The molecule has 0 radical (unpaired) electrons. The van der Waals surface area contributed by atoms with Crippen LogP contribution >= 0.6 is 23.4 Å². The van der Waals surface area contributed by atoms with E-state index in [9.17, 15) is 18.8 Å². The van der Waals surface area contributed by atoms with Crippen LogP contribution in [-0.2, 0) is 9.59 Å². The van der Waals surface area contributed by atoms with Crippen molar-refractivity contribution < 1.29 is 18.8 Å². The largest absolute Gasteiger partial charge is 0.338 e. The van der Waals surface area contributed by atoms with Crippen LogP contribution in [0.2, 0.25) is 5.02 Å². The Hall–Kier alpha value is -2.58. The lowest BCUT2D eigenvalue weighted by Crippen LogP contribution is -2.51. The Balaban J connectivity index is 1.40. The summed E-state index contributed by atoms with van der Waals surface area (Å²) < 4.78 is 13.2. The summed E-state index contributed by atoms with van der Waals surface area (Å²) in [7, 11) is 0. The van der Waals surface area contributed by atoms with Crippen molar-refractivity contribution in [2.45, 2.75) is 6.92 Å². The molecule has 1 N–H and O–H groups in total. The molecule has 1 aliphatic heterocycles. The summed E-state index contributed by atoms with van der Waals surface area (Å²) >= 11 is 7.23. The standard InChI is InChI=1S/C22H23ClFN3O3S/c1-15-3-2-4-17(11-15)25-20(28)13-31-14-21(29)26-7-9-27(10-8-26)22(30)18-6-5-16(24)12-19(18)23/h2-6,11-12H,7-10,13-14H2,1H3,(H,25,28).